The number of nitrogens with two attached hydrogens (primary N) is 1. The molecule has 82 valence electrons. The molecule has 0 aliphatic carbocycles. The van der Waals surface area contributed by atoms with Crippen LogP contribution < -0.4 is 11.1 Å². The highest BCUT2D eigenvalue weighted by Gasteiger charge is 2.17. The first-order valence-corrected chi connectivity index (χ1v) is 4.99. The van der Waals surface area contributed by atoms with Gasteiger partial charge in [0.15, 0.2) is 0 Å². The van der Waals surface area contributed by atoms with Gasteiger partial charge < -0.3 is 11.1 Å². The second kappa shape index (κ2) is 4.89. The van der Waals surface area contributed by atoms with Crippen LogP contribution in [-0.4, -0.2) is 16.9 Å². The fourth-order valence-electron chi connectivity index (χ4n) is 1.08. The van der Waals surface area contributed by atoms with Gasteiger partial charge in [0.2, 0.25) is 5.91 Å². The Hall–Kier alpha value is -1.42. The minimum atomic E-state index is -0.204. The average Bonchev–Trinajstić information content (AvgIpc) is 2.20. The van der Waals surface area contributed by atoms with Gasteiger partial charge in [0.1, 0.15) is 0 Å². The predicted molar refractivity (Wildman–Crippen MR) is 60.4 cm³/mol. The Morgan fingerprint density at radius 1 is 1.53 bits per heavy atom. The van der Waals surface area contributed by atoms with Crippen LogP contribution >= 0.6 is 0 Å². The Kier molecular flexibility index (Phi) is 3.80. The maximum absolute atomic E-state index is 11.7. The number of carbonyl (C=O) groups is 1. The predicted octanol–water partition coefficient (Wildman–Crippen LogP) is 1.31. The van der Waals surface area contributed by atoms with E-state index in [-0.39, 0.29) is 17.9 Å². The summed E-state index contributed by atoms with van der Waals surface area (Å²) in [6.07, 6.45) is 3.33. The van der Waals surface area contributed by atoms with E-state index < -0.39 is 0 Å². The third-order valence-electron chi connectivity index (χ3n) is 2.50. The van der Waals surface area contributed by atoms with Crippen molar-refractivity contribution in [1.82, 2.24) is 4.98 Å². The smallest absolute Gasteiger partial charge is 0.228 e. The van der Waals surface area contributed by atoms with E-state index in [4.69, 9.17) is 5.73 Å². The van der Waals surface area contributed by atoms with Gasteiger partial charge in [-0.3, -0.25) is 9.78 Å². The SMILES string of the molecule is Cc1ccncc1NC(=O)C(C)C(C)N. The first kappa shape index (κ1) is 11.7. The van der Waals surface area contributed by atoms with Gasteiger partial charge >= 0.3 is 0 Å². The standard InChI is InChI=1S/C11H17N3O/c1-7-4-5-13-6-10(7)14-11(15)8(2)9(3)12/h4-6,8-9H,12H2,1-3H3,(H,14,15). The number of hydrogen-bond donors (Lipinski definition) is 2. The van der Waals surface area contributed by atoms with Crippen molar-refractivity contribution in [3.63, 3.8) is 0 Å². The second-order valence-corrected chi connectivity index (χ2v) is 3.83. The third kappa shape index (κ3) is 3.02. The minimum Gasteiger partial charge on any atom is -0.327 e. The lowest BCUT2D eigenvalue weighted by molar-refractivity contribution is -0.119. The summed E-state index contributed by atoms with van der Waals surface area (Å²) in [6.45, 7) is 5.56. The molecule has 0 radical (unpaired) electrons. The van der Waals surface area contributed by atoms with Crippen LogP contribution in [-0.2, 0) is 4.79 Å². The molecule has 0 fully saturated rings. The molecule has 3 N–H and O–H groups in total. The molecule has 15 heavy (non-hydrogen) atoms. The number of anilines is 1. The number of nitrogens with one attached hydrogen (secondary N) is 1. The molecule has 0 bridgehead atoms. The summed E-state index contributed by atoms with van der Waals surface area (Å²) < 4.78 is 0. The molecule has 0 aliphatic rings. The van der Waals surface area contributed by atoms with Crippen LogP contribution in [0, 0.1) is 12.8 Å². The summed E-state index contributed by atoms with van der Waals surface area (Å²) in [5, 5.41) is 2.81. The lowest BCUT2D eigenvalue weighted by atomic mass is 10.0. The largest absolute Gasteiger partial charge is 0.327 e. The van der Waals surface area contributed by atoms with E-state index in [1.54, 1.807) is 12.4 Å². The highest BCUT2D eigenvalue weighted by atomic mass is 16.1. The van der Waals surface area contributed by atoms with Crippen molar-refractivity contribution >= 4 is 11.6 Å². The fraction of sp³-hybridized carbons (Fsp3) is 0.455. The molecule has 2 unspecified atom stereocenters. The third-order valence-corrected chi connectivity index (χ3v) is 2.50. The van der Waals surface area contributed by atoms with Crippen LogP contribution in [0.15, 0.2) is 18.5 Å². The van der Waals surface area contributed by atoms with E-state index in [9.17, 15) is 4.79 Å². The number of aromatic nitrogens is 1. The lowest BCUT2D eigenvalue weighted by Gasteiger charge is -2.15. The molecule has 0 aliphatic heterocycles. The molecule has 1 amide bonds. The van der Waals surface area contributed by atoms with Gasteiger partial charge in [-0.1, -0.05) is 6.92 Å². The highest BCUT2D eigenvalue weighted by molar-refractivity contribution is 5.93. The van der Waals surface area contributed by atoms with Gasteiger partial charge in [-0.2, -0.15) is 0 Å². The number of rotatable bonds is 3. The molecule has 2 atom stereocenters. The summed E-state index contributed by atoms with van der Waals surface area (Å²) in [5.74, 6) is -0.272. The van der Waals surface area contributed by atoms with Gasteiger partial charge in [0, 0.05) is 12.2 Å². The van der Waals surface area contributed by atoms with Crippen molar-refractivity contribution in [2.75, 3.05) is 5.32 Å². The Morgan fingerprint density at radius 2 is 2.20 bits per heavy atom. The molecular formula is C11H17N3O. The van der Waals surface area contributed by atoms with Gasteiger partial charge in [-0.25, -0.2) is 0 Å². The molecule has 1 rings (SSSR count). The molecule has 1 heterocycles. The molecule has 0 saturated heterocycles. The Balaban J connectivity index is 2.71. The maximum atomic E-state index is 11.7. The van der Waals surface area contributed by atoms with Crippen molar-refractivity contribution in [2.24, 2.45) is 11.7 Å². The zero-order valence-electron chi connectivity index (χ0n) is 9.32. The van der Waals surface area contributed by atoms with Crippen molar-refractivity contribution in [1.29, 1.82) is 0 Å². The number of pyridine rings is 1. The van der Waals surface area contributed by atoms with E-state index >= 15 is 0 Å². The number of nitrogens with zero attached hydrogens (tertiary/aromatic N) is 1. The summed E-state index contributed by atoms with van der Waals surface area (Å²) in [5.41, 5.74) is 7.39. The van der Waals surface area contributed by atoms with E-state index in [1.807, 2.05) is 26.8 Å². The van der Waals surface area contributed by atoms with Gasteiger partial charge in [-0.05, 0) is 25.5 Å². The molecule has 4 heteroatoms. The van der Waals surface area contributed by atoms with Crippen LogP contribution in [0.1, 0.15) is 19.4 Å². The Labute approximate surface area is 89.9 Å². The fourth-order valence-corrected chi connectivity index (χ4v) is 1.08. The maximum Gasteiger partial charge on any atom is 0.228 e. The number of hydrogen-bond acceptors (Lipinski definition) is 3. The molecule has 0 saturated carbocycles. The van der Waals surface area contributed by atoms with Crippen LogP contribution in [0.3, 0.4) is 0 Å². The van der Waals surface area contributed by atoms with Gasteiger partial charge in [-0.15, -0.1) is 0 Å². The van der Waals surface area contributed by atoms with Crippen molar-refractivity contribution < 1.29 is 4.79 Å². The van der Waals surface area contributed by atoms with Crippen LogP contribution in [0.4, 0.5) is 5.69 Å². The molecule has 4 nitrogen and oxygen atoms in total. The van der Waals surface area contributed by atoms with Crippen molar-refractivity contribution in [2.45, 2.75) is 26.8 Å². The van der Waals surface area contributed by atoms with Crippen LogP contribution in [0.2, 0.25) is 0 Å². The van der Waals surface area contributed by atoms with E-state index in [0.29, 0.717) is 0 Å². The zero-order valence-corrected chi connectivity index (χ0v) is 9.32. The molecule has 1 aromatic heterocycles. The molecule has 0 spiro atoms. The second-order valence-electron chi connectivity index (χ2n) is 3.83. The zero-order chi connectivity index (χ0) is 11.4. The number of amides is 1. The number of aryl methyl sites for hydroxylation is 1. The van der Waals surface area contributed by atoms with Crippen LogP contribution in [0.5, 0.6) is 0 Å². The summed E-state index contributed by atoms with van der Waals surface area (Å²) in [4.78, 5) is 15.6. The van der Waals surface area contributed by atoms with E-state index in [1.165, 1.54) is 0 Å². The Morgan fingerprint density at radius 3 is 2.73 bits per heavy atom. The molecule has 1 aromatic rings. The highest BCUT2D eigenvalue weighted by Crippen LogP contribution is 2.13. The summed E-state index contributed by atoms with van der Waals surface area (Å²) in [6, 6.07) is 1.70. The molecular weight excluding hydrogens is 190 g/mol. The Bertz CT molecular complexity index is 349. The lowest BCUT2D eigenvalue weighted by Crippen LogP contribution is -2.34. The monoisotopic (exact) mass is 207 g/mol. The van der Waals surface area contributed by atoms with Crippen molar-refractivity contribution in [3.05, 3.63) is 24.0 Å². The topological polar surface area (TPSA) is 68.0 Å². The first-order valence-electron chi connectivity index (χ1n) is 4.99. The minimum absolute atomic E-state index is 0.0684. The molecule has 0 aromatic carbocycles. The average molecular weight is 207 g/mol. The summed E-state index contributed by atoms with van der Waals surface area (Å²) >= 11 is 0. The van der Waals surface area contributed by atoms with Crippen LogP contribution in [0.25, 0.3) is 0 Å². The quantitative estimate of drug-likeness (QED) is 0.785. The van der Waals surface area contributed by atoms with E-state index in [2.05, 4.69) is 10.3 Å². The first-order chi connectivity index (χ1) is 7.02. The van der Waals surface area contributed by atoms with Crippen molar-refractivity contribution in [3.8, 4) is 0 Å². The van der Waals surface area contributed by atoms with Gasteiger partial charge in [0.25, 0.3) is 0 Å². The normalized spacial score (nSPS) is 14.4. The van der Waals surface area contributed by atoms with E-state index in [0.717, 1.165) is 11.3 Å². The summed E-state index contributed by atoms with van der Waals surface area (Å²) in [7, 11) is 0. The van der Waals surface area contributed by atoms with Gasteiger partial charge in [0.05, 0.1) is 17.8 Å². The number of carbonyl (C=O) groups excluding carboxylic acids is 1.